The standard InChI is InChI=1S/C28H26BrN3O3/c1-34-24-11-16(9-20(15-30)26-31-22-4-2-3-5-23(22)32-26)10-21(29)25(24)35-27(33)28-12-17-6-18(13-28)8-19(7-17)14-28/h2-5,9-11,17-19H,6-8,12-14H2,1H3,(H,31,32)/b20-9+. The molecule has 0 radical (unpaired) electrons. The highest BCUT2D eigenvalue weighted by Gasteiger charge is 2.55. The fourth-order valence-corrected chi connectivity index (χ4v) is 7.43. The van der Waals surface area contributed by atoms with E-state index >= 15 is 0 Å². The minimum atomic E-state index is -0.354. The molecule has 0 amide bonds. The molecule has 4 saturated carbocycles. The summed E-state index contributed by atoms with van der Waals surface area (Å²) in [6.45, 7) is 0. The summed E-state index contributed by atoms with van der Waals surface area (Å²) in [5.74, 6) is 3.20. The Kier molecular flexibility index (Phi) is 5.45. The van der Waals surface area contributed by atoms with Crippen LogP contribution < -0.4 is 9.47 Å². The second kappa shape index (κ2) is 8.53. The number of hydrogen-bond donors (Lipinski definition) is 1. The Bertz CT molecular complexity index is 1330. The predicted molar refractivity (Wildman–Crippen MR) is 137 cm³/mol. The van der Waals surface area contributed by atoms with Gasteiger partial charge in [0.25, 0.3) is 0 Å². The number of aromatic nitrogens is 2. The van der Waals surface area contributed by atoms with Crippen molar-refractivity contribution in [3.63, 3.8) is 0 Å². The minimum absolute atomic E-state index is 0.126. The smallest absolute Gasteiger partial charge is 0.317 e. The Hall–Kier alpha value is -3.11. The van der Waals surface area contributed by atoms with E-state index in [0.717, 1.165) is 35.9 Å². The summed E-state index contributed by atoms with van der Waals surface area (Å²) in [5, 5.41) is 9.80. The maximum Gasteiger partial charge on any atom is 0.317 e. The molecule has 1 N–H and O–H groups in total. The topological polar surface area (TPSA) is 88.0 Å². The summed E-state index contributed by atoms with van der Waals surface area (Å²) in [4.78, 5) is 21.2. The number of carbonyl (C=O) groups excluding carboxylic acids is 1. The van der Waals surface area contributed by atoms with Gasteiger partial charge in [0.1, 0.15) is 11.9 Å². The van der Waals surface area contributed by atoms with Crippen molar-refractivity contribution in [2.24, 2.45) is 23.2 Å². The van der Waals surface area contributed by atoms with Gasteiger partial charge in [-0.05, 0) is 108 Å². The minimum Gasteiger partial charge on any atom is -0.493 e. The number of rotatable bonds is 5. The SMILES string of the molecule is COc1cc(/C=C(\C#N)c2nc3ccccc3[nH]2)cc(Br)c1OC(=O)C12CC3CC(CC(C3)C1)C2. The van der Waals surface area contributed by atoms with Gasteiger partial charge in [-0.2, -0.15) is 5.26 Å². The highest BCUT2D eigenvalue weighted by Crippen LogP contribution is 2.60. The molecule has 0 unspecified atom stereocenters. The van der Waals surface area contributed by atoms with E-state index in [4.69, 9.17) is 9.47 Å². The third kappa shape index (κ3) is 3.94. The van der Waals surface area contributed by atoms with Gasteiger partial charge in [-0.3, -0.25) is 4.79 Å². The number of imidazole rings is 1. The first-order valence-corrected chi connectivity index (χ1v) is 12.9. The molecule has 6 nitrogen and oxygen atoms in total. The van der Waals surface area contributed by atoms with E-state index < -0.39 is 0 Å². The van der Waals surface area contributed by atoms with Crippen LogP contribution in [0.5, 0.6) is 11.5 Å². The van der Waals surface area contributed by atoms with E-state index in [1.165, 1.54) is 19.3 Å². The number of H-pyrrole nitrogens is 1. The van der Waals surface area contributed by atoms with Crippen molar-refractivity contribution in [2.45, 2.75) is 38.5 Å². The lowest BCUT2D eigenvalue weighted by molar-refractivity contribution is -0.161. The van der Waals surface area contributed by atoms with Crippen molar-refractivity contribution in [3.8, 4) is 17.6 Å². The zero-order chi connectivity index (χ0) is 24.2. The van der Waals surface area contributed by atoms with E-state index in [-0.39, 0.29) is 11.4 Å². The number of nitriles is 1. The van der Waals surface area contributed by atoms with Crippen molar-refractivity contribution >= 4 is 44.6 Å². The molecule has 178 valence electrons. The largest absolute Gasteiger partial charge is 0.493 e. The molecule has 3 aromatic rings. The van der Waals surface area contributed by atoms with Crippen LogP contribution in [0.15, 0.2) is 40.9 Å². The lowest BCUT2D eigenvalue weighted by Crippen LogP contribution is -2.51. The molecule has 1 heterocycles. The van der Waals surface area contributed by atoms with Gasteiger partial charge in [-0.25, -0.2) is 4.98 Å². The molecule has 7 heteroatoms. The number of halogens is 1. The van der Waals surface area contributed by atoms with Crippen LogP contribution >= 0.6 is 15.9 Å². The second-order valence-electron chi connectivity index (χ2n) is 10.4. The predicted octanol–water partition coefficient (Wildman–Crippen LogP) is 6.52. The van der Waals surface area contributed by atoms with Crippen LogP contribution in [0.25, 0.3) is 22.7 Å². The molecular weight excluding hydrogens is 506 g/mol. The van der Waals surface area contributed by atoms with E-state index in [0.29, 0.717) is 45.1 Å². The molecule has 0 atom stereocenters. The van der Waals surface area contributed by atoms with Gasteiger partial charge in [0, 0.05) is 0 Å². The fourth-order valence-electron chi connectivity index (χ4n) is 6.88. The first kappa shape index (κ1) is 22.4. The van der Waals surface area contributed by atoms with Crippen molar-refractivity contribution in [1.29, 1.82) is 5.26 Å². The number of nitrogens with one attached hydrogen (secondary N) is 1. The number of para-hydroxylation sites is 2. The van der Waals surface area contributed by atoms with Gasteiger partial charge >= 0.3 is 5.97 Å². The van der Waals surface area contributed by atoms with Crippen molar-refractivity contribution in [2.75, 3.05) is 7.11 Å². The Balaban J connectivity index is 1.29. The zero-order valence-corrected chi connectivity index (χ0v) is 21.1. The lowest BCUT2D eigenvalue weighted by Gasteiger charge is -2.55. The average Bonchev–Trinajstić information content (AvgIpc) is 3.27. The number of carbonyl (C=O) groups is 1. The molecular formula is C28H26BrN3O3. The third-order valence-electron chi connectivity index (χ3n) is 7.99. The van der Waals surface area contributed by atoms with Gasteiger partial charge < -0.3 is 14.5 Å². The van der Waals surface area contributed by atoms with Crippen molar-refractivity contribution in [1.82, 2.24) is 9.97 Å². The van der Waals surface area contributed by atoms with Gasteiger partial charge in [0.15, 0.2) is 11.5 Å². The number of nitrogens with zero attached hydrogens (tertiary/aromatic N) is 2. The van der Waals surface area contributed by atoms with Gasteiger partial charge in [-0.1, -0.05) is 12.1 Å². The van der Waals surface area contributed by atoms with E-state index in [9.17, 15) is 10.1 Å². The first-order valence-electron chi connectivity index (χ1n) is 12.1. The monoisotopic (exact) mass is 531 g/mol. The van der Waals surface area contributed by atoms with Crippen LogP contribution in [0, 0.1) is 34.5 Å². The first-order chi connectivity index (χ1) is 17.0. The number of benzene rings is 2. The van der Waals surface area contributed by atoms with Crippen LogP contribution in [-0.4, -0.2) is 23.0 Å². The summed E-state index contributed by atoms with van der Waals surface area (Å²) in [6.07, 6.45) is 8.40. The van der Waals surface area contributed by atoms with Crippen molar-refractivity contribution < 1.29 is 14.3 Å². The number of esters is 1. The molecule has 0 aliphatic heterocycles. The number of fused-ring (bicyclic) bond motifs is 1. The van der Waals surface area contributed by atoms with Crippen LogP contribution in [0.3, 0.4) is 0 Å². The fraction of sp³-hybridized carbons (Fsp3) is 0.393. The number of allylic oxidation sites excluding steroid dienone is 1. The second-order valence-corrected chi connectivity index (χ2v) is 11.2. The van der Waals surface area contributed by atoms with Gasteiger partial charge in [-0.15, -0.1) is 0 Å². The molecule has 1 aromatic heterocycles. The number of methoxy groups -OCH3 is 1. The molecule has 4 fully saturated rings. The molecule has 4 aliphatic rings. The quantitative estimate of drug-likeness (QED) is 0.230. The Morgan fingerprint density at radius 1 is 1.17 bits per heavy atom. The van der Waals surface area contributed by atoms with Gasteiger partial charge in [0.05, 0.1) is 33.6 Å². The van der Waals surface area contributed by atoms with Crippen LogP contribution in [0.1, 0.15) is 49.9 Å². The number of aromatic amines is 1. The molecule has 0 saturated heterocycles. The van der Waals surface area contributed by atoms with Crippen LogP contribution in [0.2, 0.25) is 0 Å². The van der Waals surface area contributed by atoms with Crippen LogP contribution in [0.4, 0.5) is 0 Å². The van der Waals surface area contributed by atoms with Crippen molar-refractivity contribution in [3.05, 3.63) is 52.3 Å². The molecule has 7 rings (SSSR count). The summed E-state index contributed by atoms with van der Waals surface area (Å²) < 4.78 is 12.3. The summed E-state index contributed by atoms with van der Waals surface area (Å²) in [5.41, 5.74) is 2.45. The Morgan fingerprint density at radius 2 is 1.86 bits per heavy atom. The molecule has 2 aromatic carbocycles. The van der Waals surface area contributed by atoms with E-state index in [2.05, 4.69) is 32.0 Å². The average molecular weight is 532 g/mol. The summed E-state index contributed by atoms with van der Waals surface area (Å²) in [6, 6.07) is 13.5. The summed E-state index contributed by atoms with van der Waals surface area (Å²) in [7, 11) is 1.56. The maximum atomic E-state index is 13.5. The molecule has 35 heavy (non-hydrogen) atoms. The number of hydrogen-bond acceptors (Lipinski definition) is 5. The van der Waals surface area contributed by atoms with Crippen LogP contribution in [-0.2, 0) is 4.79 Å². The van der Waals surface area contributed by atoms with Gasteiger partial charge in [0.2, 0.25) is 0 Å². The van der Waals surface area contributed by atoms with E-state index in [1.54, 1.807) is 19.3 Å². The molecule has 0 spiro atoms. The van der Waals surface area contributed by atoms with E-state index in [1.807, 2.05) is 30.3 Å². The highest BCUT2D eigenvalue weighted by molar-refractivity contribution is 9.10. The Morgan fingerprint density at radius 3 is 2.49 bits per heavy atom. The number of ether oxygens (including phenoxy) is 2. The Labute approximate surface area is 212 Å². The normalized spacial score (nSPS) is 27.1. The third-order valence-corrected chi connectivity index (χ3v) is 8.58. The molecule has 4 aliphatic carbocycles. The molecule has 4 bridgehead atoms. The zero-order valence-electron chi connectivity index (χ0n) is 19.5. The lowest BCUT2D eigenvalue weighted by atomic mass is 9.49. The maximum absolute atomic E-state index is 13.5. The highest BCUT2D eigenvalue weighted by atomic mass is 79.9. The summed E-state index contributed by atoms with van der Waals surface area (Å²) >= 11 is 3.58.